The first-order valence-corrected chi connectivity index (χ1v) is 7.32. The Kier molecular flexibility index (Phi) is 4.15. The molecule has 0 bridgehead atoms. The molecule has 0 amide bonds. The Labute approximate surface area is 123 Å². The number of carbonyl (C=O) groups excluding carboxylic acids is 1. The van der Waals surface area contributed by atoms with Crippen LogP contribution in [0.1, 0.15) is 27.4 Å². The number of ketones is 1. The summed E-state index contributed by atoms with van der Waals surface area (Å²) in [5.41, 5.74) is 2.45. The molecule has 0 aliphatic rings. The molecule has 90 valence electrons. The number of aryl methyl sites for hydroxylation is 1. The Bertz CT molecular complexity index is 627. The summed E-state index contributed by atoms with van der Waals surface area (Å²) in [6.45, 7) is 1.95. The molecule has 0 aliphatic heterocycles. The molecule has 0 saturated carbocycles. The molecule has 0 aliphatic carbocycles. The van der Waals surface area contributed by atoms with Gasteiger partial charge in [-0.3, -0.25) is 4.79 Å². The van der Waals surface area contributed by atoms with Crippen LogP contribution >= 0.6 is 33.9 Å². The maximum Gasteiger partial charge on any atom is 0.185 e. The number of nitriles is 1. The van der Waals surface area contributed by atoms with Crippen molar-refractivity contribution in [1.82, 2.24) is 0 Å². The molecule has 0 spiro atoms. The van der Waals surface area contributed by atoms with Crippen LogP contribution < -0.4 is 0 Å². The molecule has 2 nitrogen and oxygen atoms in total. The number of nitrogens with zero attached hydrogens (tertiary/aromatic N) is 1. The van der Waals surface area contributed by atoms with Gasteiger partial charge in [0.15, 0.2) is 5.78 Å². The molecule has 18 heavy (non-hydrogen) atoms. The summed E-state index contributed by atoms with van der Waals surface area (Å²) in [7, 11) is 0. The van der Waals surface area contributed by atoms with Crippen LogP contribution in [-0.4, -0.2) is 5.78 Å². The number of carbonyl (C=O) groups is 1. The third kappa shape index (κ3) is 2.79. The quantitative estimate of drug-likeness (QED) is 0.604. The molecule has 0 saturated heterocycles. The van der Waals surface area contributed by atoms with Crippen molar-refractivity contribution in [3.8, 4) is 6.07 Å². The van der Waals surface area contributed by atoms with E-state index in [1.807, 2.05) is 42.6 Å². The van der Waals surface area contributed by atoms with E-state index in [1.54, 1.807) is 0 Å². The van der Waals surface area contributed by atoms with Crippen LogP contribution in [-0.2, 0) is 0 Å². The average molecular weight is 367 g/mol. The van der Waals surface area contributed by atoms with Crippen molar-refractivity contribution in [3.05, 3.63) is 55.3 Å². The number of halogens is 1. The summed E-state index contributed by atoms with van der Waals surface area (Å²) in [5.74, 6) is -0.836. The van der Waals surface area contributed by atoms with Crippen molar-refractivity contribution in [1.29, 1.82) is 5.26 Å². The first-order chi connectivity index (χ1) is 8.61. The molecule has 1 heterocycles. The summed E-state index contributed by atoms with van der Waals surface area (Å²) in [6.07, 6.45) is 0. The lowest BCUT2D eigenvalue weighted by atomic mass is 9.92. The highest BCUT2D eigenvalue weighted by Crippen LogP contribution is 2.25. The molecule has 1 aromatic heterocycles. The van der Waals surface area contributed by atoms with Crippen LogP contribution in [0.25, 0.3) is 0 Å². The number of thiophene rings is 1. The van der Waals surface area contributed by atoms with Gasteiger partial charge in [-0.2, -0.15) is 5.26 Å². The molecular formula is C14H10INOS. The minimum atomic E-state index is -0.713. The monoisotopic (exact) mass is 367 g/mol. The Hall–Kier alpha value is -1.19. The molecule has 2 rings (SSSR count). The van der Waals surface area contributed by atoms with E-state index in [0.717, 1.165) is 14.0 Å². The van der Waals surface area contributed by atoms with Crippen LogP contribution in [0, 0.1) is 21.1 Å². The molecule has 2 aromatic rings. The van der Waals surface area contributed by atoms with Gasteiger partial charge in [-0.05, 0) is 41.1 Å². The van der Waals surface area contributed by atoms with Crippen molar-refractivity contribution in [2.24, 2.45) is 0 Å². The van der Waals surface area contributed by atoms with Gasteiger partial charge in [-0.15, -0.1) is 11.3 Å². The molecule has 1 aromatic carbocycles. The highest BCUT2D eigenvalue weighted by atomic mass is 127. The van der Waals surface area contributed by atoms with Crippen LogP contribution in [0.3, 0.4) is 0 Å². The predicted octanol–water partition coefficient (Wildman–Crippen LogP) is 4.15. The minimum absolute atomic E-state index is 0.123. The summed E-state index contributed by atoms with van der Waals surface area (Å²) in [4.78, 5) is 12.3. The number of Topliss-reactive ketones (excluding diaryl/α,β-unsaturated/α-hetero) is 1. The van der Waals surface area contributed by atoms with E-state index in [9.17, 15) is 10.1 Å². The summed E-state index contributed by atoms with van der Waals surface area (Å²) < 4.78 is 1.05. The van der Waals surface area contributed by atoms with Gasteiger partial charge in [0.1, 0.15) is 5.92 Å². The van der Waals surface area contributed by atoms with Crippen molar-refractivity contribution in [2.45, 2.75) is 12.8 Å². The van der Waals surface area contributed by atoms with Crippen molar-refractivity contribution in [2.75, 3.05) is 0 Å². The fourth-order valence-electron chi connectivity index (χ4n) is 1.74. The van der Waals surface area contributed by atoms with Gasteiger partial charge in [0, 0.05) is 10.9 Å². The highest BCUT2D eigenvalue weighted by Gasteiger charge is 2.22. The third-order valence-corrected chi connectivity index (χ3v) is 4.41. The zero-order chi connectivity index (χ0) is 13.1. The lowest BCUT2D eigenvalue weighted by Gasteiger charge is -2.08. The van der Waals surface area contributed by atoms with Crippen molar-refractivity contribution in [3.63, 3.8) is 0 Å². The first kappa shape index (κ1) is 13.2. The smallest absolute Gasteiger partial charge is 0.185 e. The van der Waals surface area contributed by atoms with E-state index in [0.29, 0.717) is 5.56 Å². The maximum absolute atomic E-state index is 12.3. The van der Waals surface area contributed by atoms with E-state index in [1.165, 1.54) is 11.3 Å². The number of rotatable bonds is 3. The zero-order valence-corrected chi connectivity index (χ0v) is 12.7. The summed E-state index contributed by atoms with van der Waals surface area (Å²) >= 11 is 3.69. The lowest BCUT2D eigenvalue weighted by Crippen LogP contribution is -2.10. The summed E-state index contributed by atoms with van der Waals surface area (Å²) in [6, 6.07) is 11.5. The second kappa shape index (κ2) is 5.63. The SMILES string of the molecule is Cc1cccc(C(C#N)C(=O)c2csc(I)c2)c1. The Balaban J connectivity index is 2.35. The van der Waals surface area contributed by atoms with Crippen LogP contribution in [0.2, 0.25) is 0 Å². The first-order valence-electron chi connectivity index (χ1n) is 5.36. The number of benzene rings is 1. The molecule has 0 radical (unpaired) electrons. The van der Waals surface area contributed by atoms with E-state index < -0.39 is 5.92 Å². The lowest BCUT2D eigenvalue weighted by molar-refractivity contribution is 0.0979. The van der Waals surface area contributed by atoms with Gasteiger partial charge in [-0.1, -0.05) is 29.8 Å². The second-order valence-corrected chi connectivity index (χ2v) is 6.79. The Morgan fingerprint density at radius 3 is 2.78 bits per heavy atom. The van der Waals surface area contributed by atoms with Crippen LogP contribution in [0.15, 0.2) is 35.7 Å². The topological polar surface area (TPSA) is 40.9 Å². The highest BCUT2D eigenvalue weighted by molar-refractivity contribution is 14.1. The van der Waals surface area contributed by atoms with Gasteiger partial charge in [0.2, 0.25) is 0 Å². The van der Waals surface area contributed by atoms with Crippen molar-refractivity contribution >= 4 is 39.7 Å². The normalized spacial score (nSPS) is 11.8. The largest absolute Gasteiger partial charge is 0.292 e. The maximum atomic E-state index is 12.3. The molecule has 0 N–H and O–H groups in total. The average Bonchev–Trinajstić information content (AvgIpc) is 2.77. The number of hydrogen-bond acceptors (Lipinski definition) is 3. The third-order valence-electron chi connectivity index (χ3n) is 2.62. The van der Waals surface area contributed by atoms with Gasteiger partial charge >= 0.3 is 0 Å². The van der Waals surface area contributed by atoms with Crippen molar-refractivity contribution < 1.29 is 4.79 Å². The molecular weight excluding hydrogens is 357 g/mol. The predicted molar refractivity (Wildman–Crippen MR) is 80.9 cm³/mol. The molecule has 4 heteroatoms. The molecule has 0 fully saturated rings. The molecule has 1 unspecified atom stereocenters. The van der Waals surface area contributed by atoms with Gasteiger partial charge in [0.05, 0.1) is 8.95 Å². The fraction of sp³-hybridized carbons (Fsp3) is 0.143. The standard InChI is InChI=1S/C14H10INOS/c1-9-3-2-4-10(5-9)12(7-16)14(17)11-6-13(15)18-8-11/h2-6,8,12H,1H3. The van der Waals surface area contributed by atoms with E-state index in [4.69, 9.17) is 0 Å². The molecule has 1 atom stereocenters. The van der Waals surface area contributed by atoms with Gasteiger partial charge < -0.3 is 0 Å². The van der Waals surface area contributed by atoms with E-state index >= 15 is 0 Å². The van der Waals surface area contributed by atoms with Gasteiger partial charge in [-0.25, -0.2) is 0 Å². The summed E-state index contributed by atoms with van der Waals surface area (Å²) in [5, 5.41) is 11.0. The Morgan fingerprint density at radius 2 is 2.22 bits per heavy atom. The van der Waals surface area contributed by atoms with E-state index in [-0.39, 0.29) is 5.78 Å². The van der Waals surface area contributed by atoms with Crippen LogP contribution in [0.4, 0.5) is 0 Å². The van der Waals surface area contributed by atoms with E-state index in [2.05, 4.69) is 28.7 Å². The Morgan fingerprint density at radius 1 is 1.44 bits per heavy atom. The minimum Gasteiger partial charge on any atom is -0.292 e. The fourth-order valence-corrected chi connectivity index (χ4v) is 3.08. The second-order valence-electron chi connectivity index (χ2n) is 3.98. The number of hydrogen-bond donors (Lipinski definition) is 0. The van der Waals surface area contributed by atoms with Crippen LogP contribution in [0.5, 0.6) is 0 Å². The van der Waals surface area contributed by atoms with Gasteiger partial charge in [0.25, 0.3) is 0 Å². The zero-order valence-electron chi connectivity index (χ0n) is 9.68.